The molecule has 3 rings (SSSR count). The van der Waals surface area contributed by atoms with E-state index < -0.39 is 5.91 Å². The zero-order valence-corrected chi connectivity index (χ0v) is 13.8. The molecular weight excluding hydrogens is 304 g/mol. The SMILES string of the molecule is Cn1cc(Nc2cc(N[C@@H]3CCCC[C@@H]3N)ccc2C(N)=O)cn1. The second kappa shape index (κ2) is 6.92. The Labute approximate surface area is 141 Å². The lowest BCUT2D eigenvalue weighted by Crippen LogP contribution is -2.42. The van der Waals surface area contributed by atoms with Gasteiger partial charge in [0.1, 0.15) is 0 Å². The summed E-state index contributed by atoms with van der Waals surface area (Å²) < 4.78 is 1.69. The average Bonchev–Trinajstić information content (AvgIpc) is 2.94. The van der Waals surface area contributed by atoms with Crippen molar-refractivity contribution >= 4 is 23.0 Å². The van der Waals surface area contributed by atoms with E-state index in [1.165, 1.54) is 12.8 Å². The Morgan fingerprint density at radius 3 is 2.75 bits per heavy atom. The number of carbonyl (C=O) groups is 1. The summed E-state index contributed by atoms with van der Waals surface area (Å²) in [6.07, 6.45) is 8.01. The van der Waals surface area contributed by atoms with Crippen molar-refractivity contribution in [1.82, 2.24) is 9.78 Å². The molecule has 1 aromatic heterocycles. The van der Waals surface area contributed by atoms with Gasteiger partial charge in [0.2, 0.25) is 0 Å². The topological polar surface area (TPSA) is 111 Å². The van der Waals surface area contributed by atoms with E-state index in [9.17, 15) is 4.79 Å². The fourth-order valence-corrected chi connectivity index (χ4v) is 3.15. The molecule has 7 heteroatoms. The molecule has 2 aromatic rings. The van der Waals surface area contributed by atoms with Gasteiger partial charge in [0, 0.05) is 31.0 Å². The number of nitrogens with one attached hydrogen (secondary N) is 2. The van der Waals surface area contributed by atoms with Gasteiger partial charge in [-0.1, -0.05) is 12.8 Å². The Morgan fingerprint density at radius 2 is 2.08 bits per heavy atom. The fourth-order valence-electron chi connectivity index (χ4n) is 3.15. The monoisotopic (exact) mass is 328 g/mol. The number of hydrogen-bond donors (Lipinski definition) is 4. The van der Waals surface area contributed by atoms with E-state index in [-0.39, 0.29) is 12.1 Å². The van der Waals surface area contributed by atoms with Crippen molar-refractivity contribution < 1.29 is 4.79 Å². The lowest BCUT2D eigenvalue weighted by molar-refractivity contribution is 0.100. The van der Waals surface area contributed by atoms with E-state index >= 15 is 0 Å². The van der Waals surface area contributed by atoms with Crippen LogP contribution in [0.3, 0.4) is 0 Å². The third-order valence-corrected chi connectivity index (χ3v) is 4.44. The molecule has 6 N–H and O–H groups in total. The minimum absolute atomic E-state index is 0.157. The maximum Gasteiger partial charge on any atom is 0.250 e. The Balaban J connectivity index is 1.83. The van der Waals surface area contributed by atoms with E-state index in [1.807, 2.05) is 25.4 Å². The highest BCUT2D eigenvalue weighted by Gasteiger charge is 2.22. The number of amides is 1. The standard InChI is InChI=1S/C17H24N6O/c1-23-10-12(9-20-23)22-16-8-11(6-7-13(16)17(19)24)21-15-5-3-2-4-14(15)18/h6-10,14-15,21-22H,2-5,18H2,1H3,(H2,19,24)/t14-,15+/m0/s1. The number of hydrogen-bond acceptors (Lipinski definition) is 5. The maximum atomic E-state index is 11.7. The van der Waals surface area contributed by atoms with Crippen molar-refractivity contribution in [3.63, 3.8) is 0 Å². The Morgan fingerprint density at radius 1 is 1.29 bits per heavy atom. The van der Waals surface area contributed by atoms with Crippen LogP contribution in [0, 0.1) is 0 Å². The molecule has 1 aliphatic rings. The normalized spacial score (nSPS) is 20.6. The number of aromatic nitrogens is 2. The molecule has 128 valence electrons. The maximum absolute atomic E-state index is 11.7. The third-order valence-electron chi connectivity index (χ3n) is 4.44. The molecule has 1 aromatic carbocycles. The highest BCUT2D eigenvalue weighted by molar-refractivity contribution is 6.00. The smallest absolute Gasteiger partial charge is 0.250 e. The molecule has 0 saturated heterocycles. The summed E-state index contributed by atoms with van der Waals surface area (Å²) in [5, 5.41) is 10.8. The van der Waals surface area contributed by atoms with Gasteiger partial charge >= 0.3 is 0 Å². The lowest BCUT2D eigenvalue weighted by atomic mass is 9.91. The van der Waals surface area contributed by atoms with Gasteiger partial charge in [-0.05, 0) is 31.0 Å². The number of rotatable bonds is 5. The lowest BCUT2D eigenvalue weighted by Gasteiger charge is -2.30. The summed E-state index contributed by atoms with van der Waals surface area (Å²) in [6, 6.07) is 5.91. The van der Waals surface area contributed by atoms with Crippen LogP contribution < -0.4 is 22.1 Å². The second-order valence-corrected chi connectivity index (χ2v) is 6.35. The molecule has 0 radical (unpaired) electrons. The summed E-state index contributed by atoms with van der Waals surface area (Å²) in [4.78, 5) is 11.7. The summed E-state index contributed by atoms with van der Waals surface area (Å²) in [6.45, 7) is 0. The minimum atomic E-state index is -0.470. The second-order valence-electron chi connectivity index (χ2n) is 6.35. The van der Waals surface area contributed by atoms with Crippen LogP contribution in [0.5, 0.6) is 0 Å². The highest BCUT2D eigenvalue weighted by Crippen LogP contribution is 2.27. The van der Waals surface area contributed by atoms with Crippen LogP contribution in [-0.2, 0) is 7.05 Å². The van der Waals surface area contributed by atoms with Crippen LogP contribution in [0.2, 0.25) is 0 Å². The van der Waals surface area contributed by atoms with Gasteiger partial charge in [-0.3, -0.25) is 9.48 Å². The summed E-state index contributed by atoms with van der Waals surface area (Å²) in [5.74, 6) is -0.470. The molecule has 0 spiro atoms. The number of benzene rings is 1. The zero-order chi connectivity index (χ0) is 17.1. The van der Waals surface area contributed by atoms with E-state index in [1.54, 1.807) is 16.9 Å². The van der Waals surface area contributed by atoms with Crippen LogP contribution in [0.15, 0.2) is 30.6 Å². The first kappa shape index (κ1) is 16.3. The molecule has 0 bridgehead atoms. The summed E-state index contributed by atoms with van der Waals surface area (Å²) >= 11 is 0. The van der Waals surface area contributed by atoms with Crippen LogP contribution in [0.4, 0.5) is 17.1 Å². The van der Waals surface area contributed by atoms with Gasteiger partial charge in [0.25, 0.3) is 5.91 Å². The van der Waals surface area contributed by atoms with Gasteiger partial charge in [-0.15, -0.1) is 0 Å². The first-order valence-electron chi connectivity index (χ1n) is 8.24. The van der Waals surface area contributed by atoms with Gasteiger partial charge in [0.05, 0.1) is 23.1 Å². The van der Waals surface area contributed by atoms with Crippen molar-refractivity contribution in [2.24, 2.45) is 18.5 Å². The number of anilines is 3. The highest BCUT2D eigenvalue weighted by atomic mass is 16.1. The van der Waals surface area contributed by atoms with E-state index in [0.717, 1.165) is 24.2 Å². The largest absolute Gasteiger partial charge is 0.381 e. The van der Waals surface area contributed by atoms with Crippen LogP contribution in [0.1, 0.15) is 36.0 Å². The van der Waals surface area contributed by atoms with Gasteiger partial charge < -0.3 is 22.1 Å². The fraction of sp³-hybridized carbons (Fsp3) is 0.412. The van der Waals surface area contributed by atoms with Gasteiger partial charge in [-0.2, -0.15) is 5.10 Å². The van der Waals surface area contributed by atoms with E-state index in [0.29, 0.717) is 11.3 Å². The van der Waals surface area contributed by atoms with Crippen molar-refractivity contribution in [1.29, 1.82) is 0 Å². The quantitative estimate of drug-likeness (QED) is 0.670. The van der Waals surface area contributed by atoms with Crippen molar-refractivity contribution in [3.8, 4) is 0 Å². The van der Waals surface area contributed by atoms with Crippen LogP contribution in [-0.4, -0.2) is 27.8 Å². The Bertz CT molecular complexity index is 726. The Hall–Kier alpha value is -2.54. The molecule has 1 amide bonds. The summed E-state index contributed by atoms with van der Waals surface area (Å²) in [5.41, 5.74) is 14.5. The van der Waals surface area contributed by atoms with Crippen molar-refractivity contribution in [2.75, 3.05) is 10.6 Å². The van der Waals surface area contributed by atoms with Gasteiger partial charge in [0.15, 0.2) is 0 Å². The predicted molar refractivity (Wildman–Crippen MR) is 95.3 cm³/mol. The van der Waals surface area contributed by atoms with Gasteiger partial charge in [-0.25, -0.2) is 0 Å². The first-order valence-corrected chi connectivity index (χ1v) is 8.24. The minimum Gasteiger partial charge on any atom is -0.381 e. The van der Waals surface area contributed by atoms with Crippen molar-refractivity contribution in [2.45, 2.75) is 37.8 Å². The molecule has 1 heterocycles. The zero-order valence-electron chi connectivity index (χ0n) is 13.8. The van der Waals surface area contributed by atoms with E-state index in [4.69, 9.17) is 11.5 Å². The average molecular weight is 328 g/mol. The number of aryl methyl sites for hydroxylation is 1. The van der Waals surface area contributed by atoms with Crippen LogP contribution in [0.25, 0.3) is 0 Å². The Kier molecular flexibility index (Phi) is 4.71. The number of nitrogens with two attached hydrogens (primary N) is 2. The molecule has 0 aliphatic heterocycles. The number of carbonyl (C=O) groups excluding carboxylic acids is 1. The molecule has 1 fully saturated rings. The first-order chi connectivity index (χ1) is 11.5. The number of nitrogens with zero attached hydrogens (tertiary/aromatic N) is 2. The number of primary amides is 1. The van der Waals surface area contributed by atoms with Crippen molar-refractivity contribution in [3.05, 3.63) is 36.2 Å². The molecule has 7 nitrogen and oxygen atoms in total. The molecule has 24 heavy (non-hydrogen) atoms. The van der Waals surface area contributed by atoms with E-state index in [2.05, 4.69) is 15.7 Å². The summed E-state index contributed by atoms with van der Waals surface area (Å²) in [7, 11) is 1.84. The molecular formula is C17H24N6O. The molecule has 2 atom stereocenters. The predicted octanol–water partition coefficient (Wildman–Crippen LogP) is 1.94. The van der Waals surface area contributed by atoms with Crippen LogP contribution >= 0.6 is 0 Å². The molecule has 1 saturated carbocycles. The third kappa shape index (κ3) is 3.68. The molecule has 1 aliphatic carbocycles. The molecule has 0 unspecified atom stereocenters.